The lowest BCUT2D eigenvalue weighted by Crippen LogP contribution is -2.37. The molecule has 1 amide bonds. The highest BCUT2D eigenvalue weighted by molar-refractivity contribution is 7.90. The minimum atomic E-state index is -3.75. The number of hydrogen-bond acceptors (Lipinski definition) is 4. The molecule has 3 aromatic rings. The fraction of sp³-hybridized carbons (Fsp3) is 0.360. The summed E-state index contributed by atoms with van der Waals surface area (Å²) < 4.78 is 28.4. The number of rotatable bonds is 9. The zero-order valence-corrected chi connectivity index (χ0v) is 22.0. The average Bonchev–Trinajstić information content (AvgIpc) is 3.13. The molecule has 2 aromatic carbocycles. The molecule has 0 aliphatic heterocycles. The van der Waals surface area contributed by atoms with E-state index in [0.29, 0.717) is 33.4 Å². The van der Waals surface area contributed by atoms with E-state index < -0.39 is 9.84 Å². The number of halogens is 2. The molecule has 0 unspecified atom stereocenters. The Morgan fingerprint density at radius 3 is 2.26 bits per heavy atom. The number of carbonyl (C=O) groups excluding carboxylic acids is 1. The van der Waals surface area contributed by atoms with Gasteiger partial charge in [0.25, 0.3) is 5.91 Å². The normalized spacial score (nSPS) is 11.9. The van der Waals surface area contributed by atoms with Crippen molar-refractivity contribution < 1.29 is 13.2 Å². The molecule has 0 saturated heterocycles. The van der Waals surface area contributed by atoms with Gasteiger partial charge in [-0.3, -0.25) is 4.79 Å². The van der Waals surface area contributed by atoms with Crippen molar-refractivity contribution >= 4 is 38.9 Å². The third kappa shape index (κ3) is 6.40. The van der Waals surface area contributed by atoms with Crippen LogP contribution >= 0.6 is 23.2 Å². The van der Waals surface area contributed by atoms with Crippen LogP contribution in [0.15, 0.2) is 59.9 Å². The molecule has 0 atom stereocenters. The van der Waals surface area contributed by atoms with Crippen LogP contribution in [-0.2, 0) is 28.7 Å². The van der Waals surface area contributed by atoms with E-state index in [4.69, 9.17) is 23.2 Å². The summed E-state index contributed by atoms with van der Waals surface area (Å²) in [6.07, 6.45) is 1.55. The summed E-state index contributed by atoms with van der Waals surface area (Å²) >= 11 is 12.1. The molecular formula is C25H29Cl2N3O3S. The van der Waals surface area contributed by atoms with Gasteiger partial charge in [0.2, 0.25) is 15.0 Å². The van der Waals surface area contributed by atoms with Crippen LogP contribution in [0.2, 0.25) is 10.0 Å². The average molecular weight is 522 g/mol. The Kier molecular flexibility index (Phi) is 8.44. The molecule has 0 fully saturated rings. The highest BCUT2D eigenvalue weighted by Gasteiger charge is 2.27. The molecule has 9 heteroatoms. The van der Waals surface area contributed by atoms with Gasteiger partial charge in [0.05, 0.1) is 24.2 Å². The molecule has 182 valence electrons. The van der Waals surface area contributed by atoms with Crippen molar-refractivity contribution in [2.24, 2.45) is 5.92 Å². The third-order valence-electron chi connectivity index (χ3n) is 5.26. The molecule has 0 spiro atoms. The summed E-state index contributed by atoms with van der Waals surface area (Å²) in [6, 6.07) is 13.5. The molecular weight excluding hydrogens is 493 g/mol. The van der Waals surface area contributed by atoms with E-state index in [2.05, 4.69) is 4.98 Å². The summed E-state index contributed by atoms with van der Waals surface area (Å²) in [6.45, 7) is 8.53. The summed E-state index contributed by atoms with van der Waals surface area (Å²) in [4.78, 5) is 19.2. The number of nitrogens with zero attached hydrogens (tertiary/aromatic N) is 3. The molecule has 1 aromatic heterocycles. The molecule has 0 aliphatic rings. The summed E-state index contributed by atoms with van der Waals surface area (Å²) in [5, 5.41) is 0.954. The van der Waals surface area contributed by atoms with Gasteiger partial charge in [-0.25, -0.2) is 13.4 Å². The Hall–Kier alpha value is -2.35. The summed E-state index contributed by atoms with van der Waals surface area (Å²) in [5.74, 6) is -0.223. The van der Waals surface area contributed by atoms with Crippen LogP contribution in [0.5, 0.6) is 0 Å². The van der Waals surface area contributed by atoms with Gasteiger partial charge < -0.3 is 9.47 Å². The summed E-state index contributed by atoms with van der Waals surface area (Å²) in [5.41, 5.74) is 1.72. The highest BCUT2D eigenvalue weighted by atomic mass is 35.5. The molecule has 3 rings (SSSR count). The molecule has 0 saturated carbocycles. The Labute approximate surface area is 211 Å². The number of carbonyl (C=O) groups is 1. The number of sulfone groups is 1. The van der Waals surface area contributed by atoms with Crippen LogP contribution in [0.25, 0.3) is 0 Å². The van der Waals surface area contributed by atoms with E-state index in [1.807, 2.05) is 27.7 Å². The van der Waals surface area contributed by atoms with Crippen molar-refractivity contribution in [2.45, 2.75) is 57.7 Å². The first-order valence-corrected chi connectivity index (χ1v) is 13.5. The lowest BCUT2D eigenvalue weighted by molar-refractivity contribution is 0.0685. The second-order valence-electron chi connectivity index (χ2n) is 8.96. The van der Waals surface area contributed by atoms with E-state index in [1.165, 1.54) is 0 Å². The summed E-state index contributed by atoms with van der Waals surface area (Å²) in [7, 11) is -3.75. The second kappa shape index (κ2) is 10.9. The zero-order chi connectivity index (χ0) is 25.0. The SMILES string of the molecule is CC(C)Cn1c(CN(C(=O)c2cccc(Cl)c2)C(C)C)cnc1S(=O)(=O)Cc1cccc(Cl)c1. The van der Waals surface area contributed by atoms with Crippen molar-refractivity contribution in [2.75, 3.05) is 0 Å². The van der Waals surface area contributed by atoms with Crippen molar-refractivity contribution in [3.63, 3.8) is 0 Å². The largest absolute Gasteiger partial charge is 0.330 e. The van der Waals surface area contributed by atoms with Gasteiger partial charge >= 0.3 is 0 Å². The Morgan fingerprint density at radius 2 is 1.68 bits per heavy atom. The second-order valence-corrected chi connectivity index (χ2v) is 11.7. The first-order chi connectivity index (χ1) is 16.0. The van der Waals surface area contributed by atoms with Crippen molar-refractivity contribution in [3.8, 4) is 0 Å². The highest BCUT2D eigenvalue weighted by Crippen LogP contribution is 2.23. The van der Waals surface area contributed by atoms with Gasteiger partial charge in [-0.1, -0.05) is 55.2 Å². The van der Waals surface area contributed by atoms with Crippen molar-refractivity contribution in [3.05, 3.63) is 81.6 Å². The van der Waals surface area contributed by atoms with E-state index >= 15 is 0 Å². The van der Waals surface area contributed by atoms with Gasteiger partial charge in [-0.05, 0) is 55.7 Å². The van der Waals surface area contributed by atoms with Gasteiger partial charge in [0.1, 0.15) is 0 Å². The Morgan fingerprint density at radius 1 is 1.03 bits per heavy atom. The van der Waals surface area contributed by atoms with Gasteiger partial charge in [-0.15, -0.1) is 0 Å². The predicted molar refractivity (Wildman–Crippen MR) is 136 cm³/mol. The first kappa shape index (κ1) is 26.3. The lowest BCUT2D eigenvalue weighted by Gasteiger charge is -2.28. The molecule has 0 N–H and O–H groups in total. The topological polar surface area (TPSA) is 72.3 Å². The van der Waals surface area contributed by atoms with Gasteiger partial charge in [-0.2, -0.15) is 0 Å². The first-order valence-electron chi connectivity index (χ1n) is 11.1. The van der Waals surface area contributed by atoms with Gasteiger partial charge in [0, 0.05) is 28.2 Å². The monoisotopic (exact) mass is 521 g/mol. The minimum Gasteiger partial charge on any atom is -0.330 e. The maximum absolute atomic E-state index is 13.3. The fourth-order valence-corrected chi connectivity index (χ4v) is 5.58. The van der Waals surface area contributed by atoms with E-state index in [1.54, 1.807) is 64.2 Å². The van der Waals surface area contributed by atoms with Crippen LogP contribution in [0.4, 0.5) is 0 Å². The van der Waals surface area contributed by atoms with Crippen LogP contribution in [0.3, 0.4) is 0 Å². The van der Waals surface area contributed by atoms with Crippen LogP contribution in [0.1, 0.15) is 49.3 Å². The van der Waals surface area contributed by atoms with E-state index in [0.717, 1.165) is 0 Å². The smallest absolute Gasteiger partial charge is 0.254 e. The molecule has 0 radical (unpaired) electrons. The number of amides is 1. The molecule has 0 aliphatic carbocycles. The van der Waals surface area contributed by atoms with Crippen LogP contribution in [-0.4, -0.2) is 34.8 Å². The number of hydrogen-bond donors (Lipinski definition) is 0. The number of aromatic nitrogens is 2. The zero-order valence-electron chi connectivity index (χ0n) is 19.7. The standard InChI is InChI=1S/C25H29Cl2N3O3S/c1-17(2)14-30-23(15-29(18(3)4)24(31)20-8-6-10-22(27)12-20)13-28-25(30)34(32,33)16-19-7-5-9-21(26)11-19/h5-13,17-18H,14-16H2,1-4H3. The van der Waals surface area contributed by atoms with E-state index in [-0.39, 0.29) is 35.3 Å². The van der Waals surface area contributed by atoms with Gasteiger partial charge in [0.15, 0.2) is 0 Å². The number of imidazole rings is 1. The predicted octanol–water partition coefficient (Wildman–Crippen LogP) is 5.87. The molecule has 34 heavy (non-hydrogen) atoms. The van der Waals surface area contributed by atoms with Crippen LogP contribution in [0, 0.1) is 5.92 Å². The molecule has 6 nitrogen and oxygen atoms in total. The third-order valence-corrected chi connectivity index (χ3v) is 7.33. The lowest BCUT2D eigenvalue weighted by atomic mass is 10.1. The Bertz CT molecular complexity index is 1270. The minimum absolute atomic E-state index is 0.00455. The van der Waals surface area contributed by atoms with Crippen molar-refractivity contribution in [1.82, 2.24) is 14.5 Å². The maximum atomic E-state index is 13.3. The quantitative estimate of drug-likeness (QED) is 0.352. The fourth-order valence-electron chi connectivity index (χ4n) is 3.69. The Balaban J connectivity index is 1.97. The van der Waals surface area contributed by atoms with E-state index in [9.17, 15) is 13.2 Å². The molecule has 1 heterocycles. The van der Waals surface area contributed by atoms with Crippen molar-refractivity contribution in [1.29, 1.82) is 0 Å². The molecule has 0 bridgehead atoms. The van der Waals surface area contributed by atoms with Crippen LogP contribution < -0.4 is 0 Å². The number of benzene rings is 2. The maximum Gasteiger partial charge on any atom is 0.254 e.